The molecule has 18 heavy (non-hydrogen) atoms. The van der Waals surface area contributed by atoms with Crippen molar-refractivity contribution in [1.29, 1.82) is 0 Å². The minimum absolute atomic E-state index is 0.803. The summed E-state index contributed by atoms with van der Waals surface area (Å²) in [5.41, 5.74) is 19.8. The summed E-state index contributed by atoms with van der Waals surface area (Å²) in [6, 6.07) is 14.2. The molecule has 0 radical (unpaired) electrons. The molecule has 4 N–H and O–H groups in total. The lowest BCUT2D eigenvalue weighted by atomic mass is 10.0. The van der Waals surface area contributed by atoms with Crippen LogP contribution in [-0.4, -0.2) is 0 Å². The van der Waals surface area contributed by atoms with Crippen molar-refractivity contribution < 1.29 is 0 Å². The Hall–Kier alpha value is -2.22. The van der Waals surface area contributed by atoms with E-state index in [2.05, 4.69) is 31.2 Å². The van der Waals surface area contributed by atoms with E-state index in [4.69, 9.17) is 11.5 Å². The molecular formula is C16H16N2. The summed E-state index contributed by atoms with van der Waals surface area (Å²) in [6.07, 6.45) is 0.954. The molecule has 3 rings (SSSR count). The van der Waals surface area contributed by atoms with Gasteiger partial charge in [0.1, 0.15) is 0 Å². The molecule has 0 fully saturated rings. The van der Waals surface area contributed by atoms with Crippen molar-refractivity contribution in [3.63, 3.8) is 0 Å². The van der Waals surface area contributed by atoms with Gasteiger partial charge in [0.25, 0.3) is 0 Å². The molecule has 0 saturated carbocycles. The van der Waals surface area contributed by atoms with Crippen LogP contribution in [0.15, 0.2) is 42.5 Å². The molecule has 0 aromatic heterocycles. The Morgan fingerprint density at radius 3 is 2.28 bits per heavy atom. The number of hydrogen-bond acceptors (Lipinski definition) is 2. The lowest BCUT2D eigenvalue weighted by molar-refractivity contribution is 1.32. The maximum atomic E-state index is 5.85. The fraction of sp³-hybridized carbons (Fsp3) is 0.125. The average Bonchev–Trinajstić information content (AvgIpc) is 2.67. The first-order valence-electron chi connectivity index (χ1n) is 6.09. The quantitative estimate of drug-likeness (QED) is 0.746. The van der Waals surface area contributed by atoms with Crippen LogP contribution in [0.4, 0.5) is 11.4 Å². The number of nitrogen functional groups attached to an aromatic ring is 2. The van der Waals surface area contributed by atoms with E-state index in [-0.39, 0.29) is 0 Å². The molecule has 2 aromatic carbocycles. The van der Waals surface area contributed by atoms with Crippen LogP contribution >= 0.6 is 0 Å². The summed E-state index contributed by atoms with van der Waals surface area (Å²) in [6.45, 7) is 2.17. The lowest BCUT2D eigenvalue weighted by Gasteiger charge is -2.04. The normalized spacial score (nSPS) is 13.8. The van der Waals surface area contributed by atoms with Crippen LogP contribution in [-0.2, 0) is 6.42 Å². The highest BCUT2D eigenvalue weighted by atomic mass is 14.5. The minimum atomic E-state index is 0.803. The van der Waals surface area contributed by atoms with E-state index in [0.29, 0.717) is 0 Å². The predicted octanol–water partition coefficient (Wildman–Crippen LogP) is 3.34. The van der Waals surface area contributed by atoms with Crippen LogP contribution in [0.3, 0.4) is 0 Å². The Labute approximate surface area is 107 Å². The van der Waals surface area contributed by atoms with E-state index in [1.54, 1.807) is 0 Å². The van der Waals surface area contributed by atoms with Crippen LogP contribution in [0.1, 0.15) is 23.6 Å². The van der Waals surface area contributed by atoms with Gasteiger partial charge in [-0.1, -0.05) is 18.2 Å². The van der Waals surface area contributed by atoms with E-state index in [9.17, 15) is 0 Å². The second-order valence-electron chi connectivity index (χ2n) is 4.82. The molecule has 0 atom stereocenters. The van der Waals surface area contributed by atoms with E-state index >= 15 is 0 Å². The third kappa shape index (κ3) is 1.66. The molecule has 0 unspecified atom stereocenters. The van der Waals surface area contributed by atoms with E-state index < -0.39 is 0 Å². The molecule has 0 saturated heterocycles. The van der Waals surface area contributed by atoms with Crippen LogP contribution < -0.4 is 11.5 Å². The number of nitrogens with two attached hydrogens (primary N) is 2. The number of allylic oxidation sites excluding steroid dienone is 2. The zero-order valence-electron chi connectivity index (χ0n) is 10.4. The van der Waals surface area contributed by atoms with Gasteiger partial charge in [0.2, 0.25) is 0 Å². The topological polar surface area (TPSA) is 52.0 Å². The standard InChI is InChI=1S/C16H16N2/c1-10-15-7-6-14(18)8-12(15)9-16(10)11-2-4-13(17)5-3-11/h2-8H,9,17-18H2,1H3. The fourth-order valence-corrected chi connectivity index (χ4v) is 2.61. The molecule has 0 spiro atoms. The second-order valence-corrected chi connectivity index (χ2v) is 4.82. The summed E-state index contributed by atoms with van der Waals surface area (Å²) >= 11 is 0. The highest BCUT2D eigenvalue weighted by Crippen LogP contribution is 2.38. The van der Waals surface area contributed by atoms with Crippen molar-refractivity contribution >= 4 is 22.5 Å². The van der Waals surface area contributed by atoms with Gasteiger partial charge in [0.15, 0.2) is 0 Å². The third-order valence-electron chi connectivity index (χ3n) is 3.61. The molecule has 1 aliphatic rings. The zero-order chi connectivity index (χ0) is 12.7. The fourth-order valence-electron chi connectivity index (χ4n) is 2.61. The van der Waals surface area contributed by atoms with Crippen molar-refractivity contribution in [3.05, 3.63) is 59.2 Å². The van der Waals surface area contributed by atoms with Crippen LogP contribution in [0, 0.1) is 0 Å². The van der Waals surface area contributed by atoms with Crippen molar-refractivity contribution in [1.82, 2.24) is 0 Å². The lowest BCUT2D eigenvalue weighted by Crippen LogP contribution is -1.90. The van der Waals surface area contributed by atoms with Crippen LogP contribution in [0.2, 0.25) is 0 Å². The van der Waals surface area contributed by atoms with E-state index in [1.165, 1.54) is 27.8 Å². The van der Waals surface area contributed by atoms with Gasteiger partial charge >= 0.3 is 0 Å². The summed E-state index contributed by atoms with van der Waals surface area (Å²) in [4.78, 5) is 0. The number of anilines is 2. The Balaban J connectivity index is 2.06. The Morgan fingerprint density at radius 1 is 0.889 bits per heavy atom. The maximum Gasteiger partial charge on any atom is 0.0317 e. The number of benzene rings is 2. The van der Waals surface area contributed by atoms with Crippen molar-refractivity contribution in [2.45, 2.75) is 13.3 Å². The zero-order valence-corrected chi connectivity index (χ0v) is 10.4. The van der Waals surface area contributed by atoms with E-state index in [1.807, 2.05) is 18.2 Å². The first-order valence-corrected chi connectivity index (χ1v) is 6.09. The minimum Gasteiger partial charge on any atom is -0.399 e. The van der Waals surface area contributed by atoms with E-state index in [0.717, 1.165) is 17.8 Å². The van der Waals surface area contributed by atoms with Gasteiger partial charge in [-0.15, -0.1) is 0 Å². The van der Waals surface area contributed by atoms with Gasteiger partial charge in [-0.25, -0.2) is 0 Å². The van der Waals surface area contributed by atoms with Crippen LogP contribution in [0.5, 0.6) is 0 Å². The van der Waals surface area contributed by atoms with Crippen molar-refractivity contribution in [2.75, 3.05) is 11.5 Å². The molecule has 90 valence electrons. The van der Waals surface area contributed by atoms with Gasteiger partial charge in [0, 0.05) is 11.4 Å². The van der Waals surface area contributed by atoms with Crippen molar-refractivity contribution in [2.24, 2.45) is 0 Å². The highest BCUT2D eigenvalue weighted by molar-refractivity contribution is 5.96. The highest BCUT2D eigenvalue weighted by Gasteiger charge is 2.19. The van der Waals surface area contributed by atoms with Gasteiger partial charge < -0.3 is 11.5 Å². The molecule has 2 heteroatoms. The maximum absolute atomic E-state index is 5.85. The molecule has 1 aliphatic carbocycles. The number of rotatable bonds is 1. The molecule has 0 aliphatic heterocycles. The van der Waals surface area contributed by atoms with Gasteiger partial charge in [-0.2, -0.15) is 0 Å². The Kier molecular flexibility index (Phi) is 2.37. The second kappa shape index (κ2) is 3.91. The summed E-state index contributed by atoms with van der Waals surface area (Å²) in [5.74, 6) is 0. The van der Waals surface area contributed by atoms with Crippen molar-refractivity contribution in [3.8, 4) is 0 Å². The molecule has 0 amide bonds. The van der Waals surface area contributed by atoms with Crippen LogP contribution in [0.25, 0.3) is 11.1 Å². The summed E-state index contributed by atoms with van der Waals surface area (Å²) < 4.78 is 0. The smallest absolute Gasteiger partial charge is 0.0317 e. The summed E-state index contributed by atoms with van der Waals surface area (Å²) in [7, 11) is 0. The first kappa shape index (κ1) is 10.9. The molecule has 0 bridgehead atoms. The molecular weight excluding hydrogens is 220 g/mol. The third-order valence-corrected chi connectivity index (χ3v) is 3.61. The molecule has 2 nitrogen and oxygen atoms in total. The average molecular weight is 236 g/mol. The Bertz CT molecular complexity index is 637. The van der Waals surface area contributed by atoms with Gasteiger partial charge in [-0.3, -0.25) is 0 Å². The monoisotopic (exact) mass is 236 g/mol. The van der Waals surface area contributed by atoms with Gasteiger partial charge in [-0.05, 0) is 65.4 Å². The predicted molar refractivity (Wildman–Crippen MR) is 77.9 cm³/mol. The SMILES string of the molecule is CC1=C(c2ccc(N)cc2)Cc2cc(N)ccc21. The Morgan fingerprint density at radius 2 is 1.56 bits per heavy atom. The molecule has 0 heterocycles. The molecule has 2 aromatic rings. The number of hydrogen-bond donors (Lipinski definition) is 2. The number of fused-ring (bicyclic) bond motifs is 1. The summed E-state index contributed by atoms with van der Waals surface area (Å²) in [5, 5.41) is 0. The first-order chi connectivity index (χ1) is 8.65. The largest absolute Gasteiger partial charge is 0.399 e. The van der Waals surface area contributed by atoms with Gasteiger partial charge in [0.05, 0.1) is 0 Å².